The SMILES string of the molecule is O=C(Nc1ccc(-c2nc3cccc(F)c3o2)cc1)OC1CCOC1. The number of hydrogen-bond donors (Lipinski definition) is 1. The van der Waals surface area contributed by atoms with Gasteiger partial charge in [0, 0.05) is 17.7 Å². The Balaban J connectivity index is 1.47. The number of fused-ring (bicyclic) bond motifs is 1. The minimum absolute atomic E-state index is 0.127. The summed E-state index contributed by atoms with van der Waals surface area (Å²) in [5.74, 6) is -0.134. The summed E-state index contributed by atoms with van der Waals surface area (Å²) in [7, 11) is 0. The Morgan fingerprint density at radius 1 is 1.24 bits per heavy atom. The summed E-state index contributed by atoms with van der Waals surface area (Å²) < 4.78 is 29.6. The van der Waals surface area contributed by atoms with Gasteiger partial charge < -0.3 is 13.9 Å². The van der Waals surface area contributed by atoms with E-state index in [0.717, 1.165) is 0 Å². The number of nitrogens with one attached hydrogen (secondary N) is 1. The van der Waals surface area contributed by atoms with Crippen molar-refractivity contribution >= 4 is 22.9 Å². The fraction of sp³-hybridized carbons (Fsp3) is 0.222. The number of oxazole rings is 1. The van der Waals surface area contributed by atoms with Gasteiger partial charge in [-0.15, -0.1) is 0 Å². The Hall–Kier alpha value is -2.93. The van der Waals surface area contributed by atoms with Crippen molar-refractivity contribution in [3.8, 4) is 11.5 Å². The molecule has 2 aromatic carbocycles. The molecular formula is C18H15FN2O4. The molecule has 2 heterocycles. The molecular weight excluding hydrogens is 327 g/mol. The van der Waals surface area contributed by atoms with Gasteiger partial charge in [-0.05, 0) is 36.4 Å². The van der Waals surface area contributed by atoms with E-state index in [1.54, 1.807) is 36.4 Å². The van der Waals surface area contributed by atoms with E-state index in [0.29, 0.717) is 42.3 Å². The molecule has 1 saturated heterocycles. The van der Waals surface area contributed by atoms with Crippen LogP contribution in [-0.2, 0) is 9.47 Å². The van der Waals surface area contributed by atoms with Gasteiger partial charge in [0.2, 0.25) is 5.89 Å². The molecule has 25 heavy (non-hydrogen) atoms. The van der Waals surface area contributed by atoms with Crippen molar-refractivity contribution in [1.29, 1.82) is 0 Å². The van der Waals surface area contributed by atoms with Gasteiger partial charge >= 0.3 is 6.09 Å². The zero-order valence-electron chi connectivity index (χ0n) is 13.2. The highest BCUT2D eigenvalue weighted by atomic mass is 19.1. The smallest absolute Gasteiger partial charge is 0.411 e. The summed E-state index contributed by atoms with van der Waals surface area (Å²) in [6, 6.07) is 11.5. The van der Waals surface area contributed by atoms with Crippen molar-refractivity contribution in [3.63, 3.8) is 0 Å². The molecule has 0 spiro atoms. The summed E-state index contributed by atoms with van der Waals surface area (Å²) in [6.07, 6.45) is -0.0122. The second-order valence-electron chi connectivity index (χ2n) is 5.70. The van der Waals surface area contributed by atoms with Gasteiger partial charge in [-0.25, -0.2) is 14.2 Å². The van der Waals surface area contributed by atoms with Crippen LogP contribution in [0.4, 0.5) is 14.9 Å². The number of hydrogen-bond acceptors (Lipinski definition) is 5. The second kappa shape index (κ2) is 6.52. The summed E-state index contributed by atoms with van der Waals surface area (Å²) in [6.45, 7) is 1.04. The van der Waals surface area contributed by atoms with Crippen LogP contribution in [-0.4, -0.2) is 30.4 Å². The number of nitrogens with zero attached hydrogens (tertiary/aromatic N) is 1. The van der Waals surface area contributed by atoms with Crippen LogP contribution in [0.25, 0.3) is 22.6 Å². The number of halogens is 1. The number of rotatable bonds is 3. The Morgan fingerprint density at radius 2 is 2.08 bits per heavy atom. The molecule has 1 aromatic heterocycles. The first-order valence-electron chi connectivity index (χ1n) is 7.90. The average Bonchev–Trinajstić information content (AvgIpc) is 3.25. The van der Waals surface area contributed by atoms with Gasteiger partial charge in [-0.1, -0.05) is 6.07 Å². The molecule has 1 N–H and O–H groups in total. The molecule has 1 atom stereocenters. The molecule has 0 bridgehead atoms. The highest BCUT2D eigenvalue weighted by Crippen LogP contribution is 2.26. The van der Waals surface area contributed by atoms with Gasteiger partial charge in [0.15, 0.2) is 11.4 Å². The highest BCUT2D eigenvalue weighted by molar-refractivity contribution is 5.85. The predicted molar refractivity (Wildman–Crippen MR) is 88.7 cm³/mol. The lowest BCUT2D eigenvalue weighted by molar-refractivity contribution is 0.0932. The number of benzene rings is 2. The van der Waals surface area contributed by atoms with E-state index >= 15 is 0 Å². The van der Waals surface area contributed by atoms with Crippen molar-refractivity contribution in [2.45, 2.75) is 12.5 Å². The molecule has 4 rings (SSSR count). The molecule has 0 saturated carbocycles. The molecule has 0 aliphatic carbocycles. The zero-order valence-corrected chi connectivity index (χ0v) is 13.2. The number of anilines is 1. The van der Waals surface area contributed by atoms with Crippen LogP contribution >= 0.6 is 0 Å². The third-order valence-electron chi connectivity index (χ3n) is 3.91. The molecule has 3 aromatic rings. The molecule has 128 valence electrons. The Bertz CT molecular complexity index is 901. The Kier molecular flexibility index (Phi) is 4.07. The van der Waals surface area contributed by atoms with Crippen molar-refractivity contribution < 1.29 is 23.1 Å². The predicted octanol–water partition coefficient (Wildman–Crippen LogP) is 3.97. The van der Waals surface area contributed by atoms with Crippen LogP contribution in [0, 0.1) is 5.82 Å². The molecule has 0 radical (unpaired) electrons. The van der Waals surface area contributed by atoms with Crippen LogP contribution in [0.1, 0.15) is 6.42 Å². The van der Waals surface area contributed by atoms with Crippen molar-refractivity contribution in [3.05, 3.63) is 48.3 Å². The van der Waals surface area contributed by atoms with E-state index in [1.807, 2.05) is 0 Å². The van der Waals surface area contributed by atoms with E-state index < -0.39 is 11.9 Å². The normalized spacial score (nSPS) is 16.9. The highest BCUT2D eigenvalue weighted by Gasteiger charge is 2.20. The fourth-order valence-corrected chi connectivity index (χ4v) is 2.64. The van der Waals surface area contributed by atoms with Crippen LogP contribution in [0.2, 0.25) is 0 Å². The standard InChI is InChI=1S/C18H15FN2O4/c19-14-2-1-3-15-16(14)25-17(21-15)11-4-6-12(7-5-11)20-18(22)24-13-8-9-23-10-13/h1-7,13H,8-10H2,(H,20,22). The average molecular weight is 342 g/mol. The fourth-order valence-electron chi connectivity index (χ4n) is 2.64. The van der Waals surface area contributed by atoms with E-state index in [4.69, 9.17) is 13.9 Å². The number of aromatic nitrogens is 1. The molecule has 1 fully saturated rings. The number of para-hydroxylation sites is 1. The maximum Gasteiger partial charge on any atom is 0.411 e. The van der Waals surface area contributed by atoms with Gasteiger partial charge in [-0.3, -0.25) is 5.32 Å². The first kappa shape index (κ1) is 15.6. The van der Waals surface area contributed by atoms with E-state index in [-0.39, 0.29) is 11.7 Å². The van der Waals surface area contributed by atoms with Crippen molar-refractivity contribution in [2.75, 3.05) is 18.5 Å². The van der Waals surface area contributed by atoms with Gasteiger partial charge in [0.05, 0.1) is 13.2 Å². The number of carbonyl (C=O) groups is 1. The van der Waals surface area contributed by atoms with Gasteiger partial charge in [0.25, 0.3) is 0 Å². The molecule has 7 heteroatoms. The summed E-state index contributed by atoms with van der Waals surface area (Å²) in [4.78, 5) is 16.1. The summed E-state index contributed by atoms with van der Waals surface area (Å²) in [5.41, 5.74) is 1.84. The van der Waals surface area contributed by atoms with E-state index in [2.05, 4.69) is 10.3 Å². The molecule has 1 aliphatic rings. The van der Waals surface area contributed by atoms with E-state index in [9.17, 15) is 9.18 Å². The molecule has 6 nitrogen and oxygen atoms in total. The lowest BCUT2D eigenvalue weighted by Crippen LogP contribution is -2.22. The minimum atomic E-state index is -0.521. The largest absolute Gasteiger partial charge is 0.443 e. The maximum atomic E-state index is 13.7. The Labute approximate surface area is 142 Å². The summed E-state index contributed by atoms with van der Waals surface area (Å²) >= 11 is 0. The zero-order chi connectivity index (χ0) is 17.2. The molecule has 1 amide bonds. The van der Waals surface area contributed by atoms with Crippen molar-refractivity contribution in [2.24, 2.45) is 0 Å². The first-order chi connectivity index (χ1) is 12.2. The third-order valence-corrected chi connectivity index (χ3v) is 3.91. The van der Waals surface area contributed by atoms with Gasteiger partial charge in [-0.2, -0.15) is 0 Å². The topological polar surface area (TPSA) is 73.6 Å². The van der Waals surface area contributed by atoms with Crippen LogP contribution in [0.15, 0.2) is 46.9 Å². The van der Waals surface area contributed by atoms with Crippen LogP contribution < -0.4 is 5.32 Å². The monoisotopic (exact) mass is 342 g/mol. The summed E-state index contributed by atoms with van der Waals surface area (Å²) in [5, 5.41) is 2.66. The van der Waals surface area contributed by atoms with Gasteiger partial charge in [0.1, 0.15) is 11.6 Å². The van der Waals surface area contributed by atoms with Crippen LogP contribution in [0.5, 0.6) is 0 Å². The van der Waals surface area contributed by atoms with E-state index in [1.165, 1.54) is 6.07 Å². The third kappa shape index (κ3) is 3.32. The maximum absolute atomic E-state index is 13.7. The first-order valence-corrected chi connectivity index (χ1v) is 7.90. The molecule has 1 unspecified atom stereocenters. The minimum Gasteiger partial charge on any atom is -0.443 e. The number of amides is 1. The van der Waals surface area contributed by atoms with Crippen LogP contribution in [0.3, 0.4) is 0 Å². The molecule has 1 aliphatic heterocycles. The quantitative estimate of drug-likeness (QED) is 0.779. The van der Waals surface area contributed by atoms with Crippen molar-refractivity contribution in [1.82, 2.24) is 4.98 Å². The Morgan fingerprint density at radius 3 is 2.80 bits per heavy atom. The lowest BCUT2D eigenvalue weighted by atomic mass is 10.2. The second-order valence-corrected chi connectivity index (χ2v) is 5.70. The number of carbonyl (C=O) groups excluding carboxylic acids is 1. The number of ether oxygens (including phenoxy) is 2. The lowest BCUT2D eigenvalue weighted by Gasteiger charge is -2.11.